The molecule has 2 aliphatic heterocycles. The number of halogens is 4. The van der Waals surface area contributed by atoms with E-state index in [0.717, 1.165) is 55.8 Å². The third-order valence-electron chi connectivity index (χ3n) is 7.40. The smallest absolute Gasteiger partial charge is 0.430 e. The standard InChI is InChI=1S/C28H32ClF3N2O4/c29-24-19-22(10-11-23(24)25(35)33-14-6-15-33)38-18-5-4-7-20-12-16-34(17-13-20)26(36)27(37,28(30,31)32)21-8-2-1-3-9-21/h1-3,8-11,19-20,37H,4-7,12-18H2. The highest BCUT2D eigenvalue weighted by Crippen LogP contribution is 2.41. The molecule has 4 rings (SSSR count). The van der Waals surface area contributed by atoms with Crippen LogP contribution < -0.4 is 4.74 Å². The molecule has 38 heavy (non-hydrogen) atoms. The zero-order chi connectivity index (χ0) is 27.3. The van der Waals surface area contributed by atoms with Gasteiger partial charge in [-0.3, -0.25) is 9.59 Å². The van der Waals surface area contributed by atoms with Gasteiger partial charge >= 0.3 is 6.18 Å². The number of carbonyl (C=O) groups is 2. The Morgan fingerprint density at radius 1 is 0.974 bits per heavy atom. The van der Waals surface area contributed by atoms with E-state index in [1.165, 1.54) is 18.2 Å². The molecule has 2 aromatic carbocycles. The van der Waals surface area contributed by atoms with Crippen molar-refractivity contribution in [3.05, 3.63) is 64.7 Å². The predicted octanol–water partition coefficient (Wildman–Crippen LogP) is 5.42. The van der Waals surface area contributed by atoms with Crippen LogP contribution in [0.25, 0.3) is 0 Å². The fourth-order valence-electron chi connectivity index (χ4n) is 4.92. The molecule has 1 unspecified atom stereocenters. The number of carbonyl (C=O) groups excluding carboxylic acids is 2. The summed E-state index contributed by atoms with van der Waals surface area (Å²) in [6.07, 6.45) is -0.428. The molecule has 2 amide bonds. The summed E-state index contributed by atoms with van der Waals surface area (Å²) in [6, 6.07) is 11.6. The Bertz CT molecular complexity index is 1120. The maximum atomic E-state index is 13.8. The summed E-state index contributed by atoms with van der Waals surface area (Å²) in [7, 11) is 0. The molecule has 2 aromatic rings. The van der Waals surface area contributed by atoms with E-state index in [9.17, 15) is 27.9 Å². The van der Waals surface area contributed by atoms with Gasteiger partial charge in [0, 0.05) is 31.7 Å². The van der Waals surface area contributed by atoms with Crippen LogP contribution in [-0.4, -0.2) is 65.7 Å². The Balaban J connectivity index is 1.20. The monoisotopic (exact) mass is 552 g/mol. The van der Waals surface area contributed by atoms with Gasteiger partial charge in [-0.15, -0.1) is 0 Å². The van der Waals surface area contributed by atoms with Crippen molar-refractivity contribution in [2.24, 2.45) is 5.92 Å². The van der Waals surface area contributed by atoms with E-state index in [1.807, 2.05) is 0 Å². The first-order chi connectivity index (χ1) is 18.1. The Labute approximate surface area is 225 Å². The van der Waals surface area contributed by atoms with Crippen molar-refractivity contribution >= 4 is 23.4 Å². The molecule has 2 aliphatic rings. The van der Waals surface area contributed by atoms with Gasteiger partial charge in [0.25, 0.3) is 17.4 Å². The molecular weight excluding hydrogens is 521 g/mol. The van der Waals surface area contributed by atoms with E-state index in [1.54, 1.807) is 23.1 Å². The van der Waals surface area contributed by atoms with E-state index in [4.69, 9.17) is 16.3 Å². The molecule has 0 aliphatic carbocycles. The molecule has 2 fully saturated rings. The number of ether oxygens (including phenoxy) is 1. The van der Waals surface area contributed by atoms with Gasteiger partial charge in [-0.2, -0.15) is 13.2 Å². The molecule has 1 N–H and O–H groups in total. The van der Waals surface area contributed by atoms with Crippen LogP contribution in [0.2, 0.25) is 5.02 Å². The van der Waals surface area contributed by atoms with Crippen molar-refractivity contribution in [1.82, 2.24) is 9.80 Å². The fourth-order valence-corrected chi connectivity index (χ4v) is 5.17. The van der Waals surface area contributed by atoms with Crippen LogP contribution in [0.3, 0.4) is 0 Å². The molecular formula is C28H32ClF3N2O4. The lowest BCUT2D eigenvalue weighted by Crippen LogP contribution is -2.57. The Kier molecular flexibility index (Phi) is 8.88. The first-order valence-electron chi connectivity index (χ1n) is 13.0. The normalized spacial score (nSPS) is 18.0. The third kappa shape index (κ3) is 6.10. The zero-order valence-corrected chi connectivity index (χ0v) is 21.8. The van der Waals surface area contributed by atoms with Crippen molar-refractivity contribution in [3.63, 3.8) is 0 Å². The van der Waals surface area contributed by atoms with E-state index in [2.05, 4.69) is 0 Å². The largest absolute Gasteiger partial charge is 0.494 e. The van der Waals surface area contributed by atoms with Crippen LogP contribution in [0, 0.1) is 5.92 Å². The maximum Gasteiger partial charge on any atom is 0.430 e. The van der Waals surface area contributed by atoms with Crippen LogP contribution in [-0.2, 0) is 10.4 Å². The Morgan fingerprint density at radius 3 is 2.24 bits per heavy atom. The van der Waals surface area contributed by atoms with Gasteiger partial charge in [-0.05, 0) is 56.2 Å². The lowest BCUT2D eigenvalue weighted by molar-refractivity contribution is -0.262. The predicted molar refractivity (Wildman–Crippen MR) is 137 cm³/mol. The van der Waals surface area contributed by atoms with E-state index >= 15 is 0 Å². The molecule has 2 saturated heterocycles. The Hall–Kier alpha value is -2.78. The van der Waals surface area contributed by atoms with Crippen LogP contribution >= 0.6 is 11.6 Å². The van der Waals surface area contributed by atoms with Crippen LogP contribution in [0.5, 0.6) is 5.75 Å². The highest BCUT2D eigenvalue weighted by Gasteiger charge is 2.62. The number of amides is 2. The van der Waals surface area contributed by atoms with Gasteiger partial charge in [0.2, 0.25) is 0 Å². The van der Waals surface area contributed by atoms with E-state index < -0.39 is 23.2 Å². The Morgan fingerprint density at radius 2 is 1.66 bits per heavy atom. The van der Waals surface area contributed by atoms with Gasteiger partial charge in [-0.1, -0.05) is 48.4 Å². The van der Waals surface area contributed by atoms with Gasteiger partial charge in [-0.25, -0.2) is 0 Å². The number of alkyl halides is 3. The van der Waals surface area contributed by atoms with Crippen molar-refractivity contribution in [2.75, 3.05) is 32.8 Å². The number of hydrogen-bond donors (Lipinski definition) is 1. The molecule has 0 bridgehead atoms. The minimum absolute atomic E-state index is 0.0660. The lowest BCUT2D eigenvalue weighted by atomic mass is 9.88. The first kappa shape index (κ1) is 28.2. The number of piperidine rings is 1. The van der Waals surface area contributed by atoms with Crippen LogP contribution in [0.1, 0.15) is 54.4 Å². The molecule has 206 valence electrons. The van der Waals surface area contributed by atoms with E-state index in [0.29, 0.717) is 35.8 Å². The van der Waals surface area contributed by atoms with E-state index in [-0.39, 0.29) is 24.9 Å². The number of rotatable bonds is 9. The summed E-state index contributed by atoms with van der Waals surface area (Å²) in [5.41, 5.74) is -3.55. The summed E-state index contributed by atoms with van der Waals surface area (Å²) in [5, 5.41) is 10.9. The van der Waals surface area contributed by atoms with Crippen molar-refractivity contribution in [2.45, 2.75) is 50.3 Å². The van der Waals surface area contributed by atoms with Crippen LogP contribution in [0.4, 0.5) is 13.2 Å². The maximum absolute atomic E-state index is 13.8. The summed E-state index contributed by atoms with van der Waals surface area (Å²) in [5.74, 6) is -0.503. The summed E-state index contributed by atoms with van der Waals surface area (Å²) >= 11 is 6.28. The summed E-state index contributed by atoms with van der Waals surface area (Å²) in [4.78, 5) is 28.1. The van der Waals surface area contributed by atoms with Gasteiger partial charge in [0.1, 0.15) is 5.75 Å². The average Bonchev–Trinajstić information content (AvgIpc) is 2.87. The number of unbranched alkanes of at least 4 members (excludes halogenated alkanes) is 1. The SMILES string of the molecule is O=C(c1ccc(OCCCCC2CCN(C(=O)C(O)(c3ccccc3)C(F)(F)F)CC2)cc1Cl)N1CCC1. The lowest BCUT2D eigenvalue weighted by Gasteiger charge is -2.38. The molecule has 0 aromatic heterocycles. The molecule has 10 heteroatoms. The van der Waals surface area contributed by atoms with Gasteiger partial charge in [0.15, 0.2) is 0 Å². The minimum Gasteiger partial charge on any atom is -0.494 e. The molecule has 1 atom stereocenters. The van der Waals surface area contributed by atoms with Crippen molar-refractivity contribution < 1.29 is 32.6 Å². The second-order valence-electron chi connectivity index (χ2n) is 9.94. The topological polar surface area (TPSA) is 70.1 Å². The first-order valence-corrected chi connectivity index (χ1v) is 13.3. The van der Waals surface area contributed by atoms with Gasteiger partial charge in [0.05, 0.1) is 17.2 Å². The van der Waals surface area contributed by atoms with Crippen molar-refractivity contribution in [3.8, 4) is 5.75 Å². The minimum atomic E-state index is -5.13. The molecule has 0 radical (unpaired) electrons. The van der Waals surface area contributed by atoms with Crippen molar-refractivity contribution in [1.29, 1.82) is 0 Å². The number of hydrogen-bond acceptors (Lipinski definition) is 4. The second kappa shape index (κ2) is 11.9. The molecule has 0 saturated carbocycles. The quantitative estimate of drug-likeness (QED) is 0.422. The number of nitrogens with zero attached hydrogens (tertiary/aromatic N) is 2. The average molecular weight is 553 g/mol. The fraction of sp³-hybridized carbons (Fsp3) is 0.500. The second-order valence-corrected chi connectivity index (χ2v) is 10.3. The third-order valence-corrected chi connectivity index (χ3v) is 7.72. The zero-order valence-electron chi connectivity index (χ0n) is 21.1. The summed E-state index contributed by atoms with van der Waals surface area (Å²) < 4.78 is 47.3. The highest BCUT2D eigenvalue weighted by atomic mass is 35.5. The van der Waals surface area contributed by atoms with Gasteiger partial charge < -0.3 is 19.6 Å². The molecule has 0 spiro atoms. The number of benzene rings is 2. The molecule has 2 heterocycles. The summed E-state index contributed by atoms with van der Waals surface area (Å²) in [6.45, 7) is 2.33. The number of likely N-dealkylation sites (tertiary alicyclic amines) is 2. The highest BCUT2D eigenvalue weighted by molar-refractivity contribution is 6.34. The number of aliphatic hydroxyl groups is 1. The van der Waals surface area contributed by atoms with Crippen LogP contribution in [0.15, 0.2) is 48.5 Å². The molecule has 6 nitrogen and oxygen atoms in total.